The summed E-state index contributed by atoms with van der Waals surface area (Å²) in [7, 11) is 1.61. The molecule has 138 valence electrons. The smallest absolute Gasteiger partial charge is 0.148 e. The van der Waals surface area contributed by atoms with Gasteiger partial charge in [-0.2, -0.15) is 0 Å². The lowest BCUT2D eigenvalue weighted by Gasteiger charge is -2.58. The summed E-state index contributed by atoms with van der Waals surface area (Å²) in [5.74, 6) is 0.631. The molecule has 0 amide bonds. The highest BCUT2D eigenvalue weighted by Crippen LogP contribution is 2.59. The minimum atomic E-state index is -1.42. The van der Waals surface area contributed by atoms with Crippen molar-refractivity contribution in [2.75, 3.05) is 7.11 Å². The van der Waals surface area contributed by atoms with Gasteiger partial charge in [0.2, 0.25) is 0 Å². The first-order chi connectivity index (χ1) is 11.7. The monoisotopic (exact) mass is 346 g/mol. The van der Waals surface area contributed by atoms with Gasteiger partial charge >= 0.3 is 0 Å². The molecule has 1 aromatic carbocycles. The number of hydrogen-bond acceptors (Lipinski definition) is 4. The first-order valence-corrected chi connectivity index (χ1v) is 9.22. The van der Waals surface area contributed by atoms with Crippen LogP contribution in [0.5, 0.6) is 11.5 Å². The predicted molar refractivity (Wildman–Crippen MR) is 98.1 cm³/mol. The second kappa shape index (κ2) is 6.03. The van der Waals surface area contributed by atoms with E-state index in [9.17, 15) is 10.2 Å². The number of methoxy groups -OCH3 is 1. The van der Waals surface area contributed by atoms with Crippen LogP contribution in [0.1, 0.15) is 64.5 Å². The fourth-order valence-electron chi connectivity index (χ4n) is 4.65. The standard InChI is InChI=1S/C21H30O4/c1-6-7-8-15-11-16(22)18-17(12-15)25-19(3,4)21(24-5)10-9-14(2)13-20(18,21)23/h11-13,22-23H,6-10H2,1-5H3. The molecule has 2 unspecified atom stereocenters. The van der Waals surface area contributed by atoms with Crippen molar-refractivity contribution in [3.63, 3.8) is 0 Å². The van der Waals surface area contributed by atoms with Gasteiger partial charge in [0.15, 0.2) is 0 Å². The van der Waals surface area contributed by atoms with E-state index in [1.807, 2.05) is 32.9 Å². The quantitative estimate of drug-likeness (QED) is 0.802. The largest absolute Gasteiger partial charge is 0.507 e. The highest BCUT2D eigenvalue weighted by Gasteiger charge is 2.66. The number of fused-ring (bicyclic) bond motifs is 3. The van der Waals surface area contributed by atoms with Gasteiger partial charge in [-0.3, -0.25) is 0 Å². The average molecular weight is 346 g/mol. The molecule has 0 radical (unpaired) electrons. The zero-order valence-corrected chi connectivity index (χ0v) is 16.0. The fourth-order valence-corrected chi connectivity index (χ4v) is 4.65. The van der Waals surface area contributed by atoms with Crippen molar-refractivity contribution in [1.82, 2.24) is 0 Å². The van der Waals surface area contributed by atoms with Crippen LogP contribution in [0.15, 0.2) is 23.8 Å². The maximum Gasteiger partial charge on any atom is 0.148 e. The molecule has 0 aromatic heterocycles. The minimum Gasteiger partial charge on any atom is -0.507 e. The van der Waals surface area contributed by atoms with E-state index in [1.165, 1.54) is 0 Å². The number of aryl methyl sites for hydroxylation is 1. The molecule has 0 fully saturated rings. The Morgan fingerprint density at radius 3 is 2.64 bits per heavy atom. The third-order valence-electron chi connectivity index (χ3n) is 5.97. The van der Waals surface area contributed by atoms with Crippen LogP contribution < -0.4 is 4.74 Å². The zero-order valence-electron chi connectivity index (χ0n) is 16.0. The Hall–Kier alpha value is -1.52. The molecule has 2 atom stereocenters. The van der Waals surface area contributed by atoms with Gasteiger partial charge in [0, 0.05) is 7.11 Å². The number of phenolic OH excluding ortho intramolecular Hbond substituents is 1. The molecule has 1 heterocycles. The van der Waals surface area contributed by atoms with Crippen LogP contribution in [0.2, 0.25) is 0 Å². The fraction of sp³-hybridized carbons (Fsp3) is 0.619. The number of rotatable bonds is 4. The Labute approximate surface area is 150 Å². The number of hydrogen-bond donors (Lipinski definition) is 2. The Kier molecular flexibility index (Phi) is 4.41. The molecule has 1 aliphatic carbocycles. The van der Waals surface area contributed by atoms with E-state index >= 15 is 0 Å². The first kappa shape index (κ1) is 18.3. The van der Waals surface area contributed by atoms with Crippen molar-refractivity contribution in [2.24, 2.45) is 0 Å². The Morgan fingerprint density at radius 1 is 1.28 bits per heavy atom. The van der Waals surface area contributed by atoms with Crippen LogP contribution in [0.3, 0.4) is 0 Å². The summed E-state index contributed by atoms with van der Waals surface area (Å²) in [6, 6.07) is 3.72. The molecule has 0 saturated heterocycles. The third kappa shape index (κ3) is 2.49. The van der Waals surface area contributed by atoms with Crippen LogP contribution in [0.25, 0.3) is 0 Å². The molecule has 3 rings (SSSR count). The van der Waals surface area contributed by atoms with Gasteiger partial charge in [0.05, 0.1) is 5.56 Å². The van der Waals surface area contributed by atoms with Crippen molar-refractivity contribution in [3.05, 3.63) is 34.9 Å². The molecule has 0 spiro atoms. The molecule has 1 aliphatic heterocycles. The molecular formula is C21H30O4. The molecule has 2 N–H and O–H groups in total. The summed E-state index contributed by atoms with van der Waals surface area (Å²) in [6.45, 7) is 8.05. The number of allylic oxidation sites excluding steroid dienone is 1. The van der Waals surface area contributed by atoms with Crippen LogP contribution in [-0.4, -0.2) is 28.5 Å². The zero-order chi connectivity index (χ0) is 18.5. The normalized spacial score (nSPS) is 30.1. The molecule has 0 bridgehead atoms. The predicted octanol–water partition coefficient (Wildman–Crippen LogP) is 4.22. The number of benzene rings is 1. The second-order valence-electron chi connectivity index (χ2n) is 7.99. The van der Waals surface area contributed by atoms with E-state index in [2.05, 4.69) is 6.92 Å². The van der Waals surface area contributed by atoms with Gasteiger partial charge in [-0.15, -0.1) is 0 Å². The summed E-state index contributed by atoms with van der Waals surface area (Å²) in [5, 5.41) is 22.6. The van der Waals surface area contributed by atoms with E-state index in [4.69, 9.17) is 9.47 Å². The molecule has 1 aromatic rings. The lowest BCUT2D eigenvalue weighted by atomic mass is 9.61. The minimum absolute atomic E-state index is 0.0778. The molecule has 25 heavy (non-hydrogen) atoms. The average Bonchev–Trinajstić information content (AvgIpc) is 2.51. The van der Waals surface area contributed by atoms with Crippen molar-refractivity contribution < 1.29 is 19.7 Å². The lowest BCUT2D eigenvalue weighted by molar-refractivity contribution is -0.248. The molecule has 0 saturated carbocycles. The van der Waals surface area contributed by atoms with Gasteiger partial charge < -0.3 is 19.7 Å². The van der Waals surface area contributed by atoms with Gasteiger partial charge in [-0.25, -0.2) is 0 Å². The van der Waals surface area contributed by atoms with E-state index in [0.717, 1.165) is 36.8 Å². The van der Waals surface area contributed by atoms with Crippen molar-refractivity contribution in [3.8, 4) is 11.5 Å². The van der Waals surface area contributed by atoms with Crippen LogP contribution in [0.4, 0.5) is 0 Å². The van der Waals surface area contributed by atoms with E-state index < -0.39 is 16.8 Å². The Bertz CT molecular complexity index is 706. The Balaban J connectivity index is 2.24. The summed E-state index contributed by atoms with van der Waals surface area (Å²) in [5.41, 5.74) is -0.569. The van der Waals surface area contributed by atoms with E-state index in [-0.39, 0.29) is 5.75 Å². The highest BCUT2D eigenvalue weighted by molar-refractivity contribution is 5.57. The van der Waals surface area contributed by atoms with E-state index in [0.29, 0.717) is 17.7 Å². The number of phenols is 1. The maximum absolute atomic E-state index is 11.8. The molecule has 2 aliphatic rings. The van der Waals surface area contributed by atoms with Crippen molar-refractivity contribution in [2.45, 2.75) is 76.6 Å². The van der Waals surface area contributed by atoms with Crippen molar-refractivity contribution in [1.29, 1.82) is 0 Å². The number of unbranched alkanes of at least 4 members (excludes halogenated alkanes) is 1. The lowest BCUT2D eigenvalue weighted by Crippen LogP contribution is -2.69. The highest BCUT2D eigenvalue weighted by atomic mass is 16.6. The van der Waals surface area contributed by atoms with Gasteiger partial charge in [0.1, 0.15) is 28.3 Å². The SMILES string of the molecule is CCCCc1cc(O)c2c(c1)OC(C)(C)C1(OC)CCC(C)=CC21O. The van der Waals surface area contributed by atoms with Crippen LogP contribution >= 0.6 is 0 Å². The Morgan fingerprint density at radius 2 is 2.00 bits per heavy atom. The van der Waals surface area contributed by atoms with Gasteiger partial charge in [0.25, 0.3) is 0 Å². The van der Waals surface area contributed by atoms with Gasteiger partial charge in [-0.1, -0.05) is 18.9 Å². The topological polar surface area (TPSA) is 58.9 Å². The van der Waals surface area contributed by atoms with Gasteiger partial charge in [-0.05, 0) is 70.2 Å². The summed E-state index contributed by atoms with van der Waals surface area (Å²) >= 11 is 0. The maximum atomic E-state index is 11.8. The van der Waals surface area contributed by atoms with Crippen LogP contribution in [0, 0.1) is 0 Å². The van der Waals surface area contributed by atoms with Crippen molar-refractivity contribution >= 4 is 0 Å². The van der Waals surface area contributed by atoms with E-state index in [1.54, 1.807) is 13.2 Å². The molecule has 4 nitrogen and oxygen atoms in total. The number of aromatic hydroxyl groups is 1. The number of ether oxygens (including phenoxy) is 2. The first-order valence-electron chi connectivity index (χ1n) is 9.22. The third-order valence-corrected chi connectivity index (χ3v) is 5.97. The molecule has 4 heteroatoms. The number of aliphatic hydroxyl groups is 1. The summed E-state index contributed by atoms with van der Waals surface area (Å²) < 4.78 is 12.2. The van der Waals surface area contributed by atoms with Crippen LogP contribution in [-0.2, 0) is 16.8 Å². The summed E-state index contributed by atoms with van der Waals surface area (Å²) in [4.78, 5) is 0. The second-order valence-corrected chi connectivity index (χ2v) is 7.99. The molecular weight excluding hydrogens is 316 g/mol. The summed E-state index contributed by atoms with van der Waals surface area (Å²) in [6.07, 6.45) is 6.31.